The van der Waals surface area contributed by atoms with Crippen LogP contribution < -0.4 is 0 Å². The van der Waals surface area contributed by atoms with E-state index in [2.05, 4.69) is 0 Å². The molecule has 0 amide bonds. The third-order valence-electron chi connectivity index (χ3n) is 2.41. The maximum atomic E-state index is 11.8. The van der Waals surface area contributed by atoms with Gasteiger partial charge in [0.25, 0.3) is 0 Å². The van der Waals surface area contributed by atoms with E-state index in [1.54, 1.807) is 12.1 Å². The third-order valence-corrected chi connectivity index (χ3v) is 2.72. The molecule has 0 N–H and O–H groups in total. The summed E-state index contributed by atoms with van der Waals surface area (Å²) in [4.78, 5) is 23.5. The number of hydrogen-bond acceptors (Lipinski definition) is 4. The molecule has 0 spiro atoms. The van der Waals surface area contributed by atoms with Gasteiger partial charge >= 0.3 is 11.9 Å². The van der Waals surface area contributed by atoms with Gasteiger partial charge in [-0.2, -0.15) is 0 Å². The number of esters is 2. The fourth-order valence-corrected chi connectivity index (χ4v) is 1.80. The van der Waals surface area contributed by atoms with Crippen LogP contribution in [0.5, 0.6) is 0 Å². The van der Waals surface area contributed by atoms with Gasteiger partial charge in [0.05, 0.1) is 17.7 Å². The van der Waals surface area contributed by atoms with E-state index in [9.17, 15) is 9.59 Å². The molecule has 1 unspecified atom stereocenters. The van der Waals surface area contributed by atoms with Gasteiger partial charge in [-0.05, 0) is 18.6 Å². The largest absolute Gasteiger partial charge is 0.462 e. The zero-order chi connectivity index (χ0) is 12.3. The van der Waals surface area contributed by atoms with Crippen molar-refractivity contribution in [2.24, 2.45) is 0 Å². The van der Waals surface area contributed by atoms with Crippen molar-refractivity contribution >= 4 is 23.5 Å². The van der Waals surface area contributed by atoms with Crippen molar-refractivity contribution in [3.63, 3.8) is 0 Å². The monoisotopic (exact) mass is 254 g/mol. The maximum Gasteiger partial charge on any atom is 0.340 e. The first-order valence-electron chi connectivity index (χ1n) is 5.29. The van der Waals surface area contributed by atoms with Crippen LogP contribution in [0.1, 0.15) is 33.6 Å². The molecule has 90 valence electrons. The molecule has 1 aliphatic rings. The summed E-state index contributed by atoms with van der Waals surface area (Å²) < 4.78 is 10.1. The molecule has 17 heavy (non-hydrogen) atoms. The molecular weight excluding hydrogens is 244 g/mol. The number of ether oxygens (including phenoxy) is 2. The molecule has 5 heteroatoms. The number of cyclic esters (lactones) is 2. The Hall–Kier alpha value is -1.55. The Balaban J connectivity index is 2.36. The molecule has 0 radical (unpaired) electrons. The summed E-state index contributed by atoms with van der Waals surface area (Å²) >= 11 is 5.83. The SMILES string of the molecule is O=C1OCCCC(Cl)OC(=O)c2ccccc21. The van der Waals surface area contributed by atoms with Gasteiger partial charge in [0.15, 0.2) is 5.56 Å². The number of halogens is 1. The first-order chi connectivity index (χ1) is 8.18. The van der Waals surface area contributed by atoms with Crippen molar-refractivity contribution in [3.8, 4) is 0 Å². The van der Waals surface area contributed by atoms with Crippen LogP contribution >= 0.6 is 11.6 Å². The van der Waals surface area contributed by atoms with Crippen LogP contribution in [0.2, 0.25) is 0 Å². The van der Waals surface area contributed by atoms with Crippen LogP contribution in [-0.4, -0.2) is 24.1 Å². The summed E-state index contributed by atoms with van der Waals surface area (Å²) in [6.07, 6.45) is 1.03. The molecular formula is C12H11ClO4. The highest BCUT2D eigenvalue weighted by Crippen LogP contribution is 2.17. The van der Waals surface area contributed by atoms with Gasteiger partial charge in [-0.3, -0.25) is 0 Å². The summed E-state index contributed by atoms with van der Waals surface area (Å²) in [5.41, 5.74) is -0.291. The lowest BCUT2D eigenvalue weighted by atomic mass is 10.1. The van der Waals surface area contributed by atoms with E-state index >= 15 is 0 Å². The van der Waals surface area contributed by atoms with Crippen LogP contribution in [0.25, 0.3) is 0 Å². The molecule has 1 aliphatic heterocycles. The Morgan fingerprint density at radius 1 is 1.12 bits per heavy atom. The molecule has 0 aliphatic carbocycles. The highest BCUT2D eigenvalue weighted by molar-refractivity contribution is 6.20. The van der Waals surface area contributed by atoms with Crippen molar-refractivity contribution < 1.29 is 19.1 Å². The van der Waals surface area contributed by atoms with Gasteiger partial charge in [-0.25, -0.2) is 9.59 Å². The molecule has 0 fully saturated rings. The second kappa shape index (κ2) is 5.19. The lowest BCUT2D eigenvalue weighted by Gasteiger charge is -2.15. The molecule has 1 aromatic carbocycles. The van der Waals surface area contributed by atoms with E-state index in [1.807, 2.05) is 0 Å². The Kier molecular flexibility index (Phi) is 3.64. The molecule has 0 saturated heterocycles. The van der Waals surface area contributed by atoms with E-state index < -0.39 is 17.5 Å². The summed E-state index contributed by atoms with van der Waals surface area (Å²) in [6, 6.07) is 6.37. The predicted octanol–water partition coefficient (Wildman–Crippen LogP) is 2.36. The van der Waals surface area contributed by atoms with E-state index in [0.29, 0.717) is 12.8 Å². The third kappa shape index (κ3) is 2.77. The van der Waals surface area contributed by atoms with E-state index in [4.69, 9.17) is 21.1 Å². The first-order valence-corrected chi connectivity index (χ1v) is 5.73. The molecule has 1 atom stereocenters. The molecule has 0 saturated carbocycles. The van der Waals surface area contributed by atoms with E-state index in [0.717, 1.165) is 0 Å². The number of carbonyl (C=O) groups excluding carboxylic acids is 2. The predicted molar refractivity (Wildman–Crippen MR) is 61.0 cm³/mol. The average Bonchev–Trinajstić information content (AvgIpc) is 2.33. The van der Waals surface area contributed by atoms with Crippen molar-refractivity contribution in [3.05, 3.63) is 35.4 Å². The Morgan fingerprint density at radius 2 is 1.76 bits per heavy atom. The van der Waals surface area contributed by atoms with Crippen LogP contribution in [0.3, 0.4) is 0 Å². The quantitative estimate of drug-likeness (QED) is 0.527. The van der Waals surface area contributed by atoms with Crippen LogP contribution in [0, 0.1) is 0 Å². The van der Waals surface area contributed by atoms with Crippen molar-refractivity contribution in [2.45, 2.75) is 18.4 Å². The minimum absolute atomic E-state index is 0.185. The van der Waals surface area contributed by atoms with E-state index in [1.165, 1.54) is 12.1 Å². The summed E-state index contributed by atoms with van der Waals surface area (Å²) in [5.74, 6) is -1.11. The molecule has 0 bridgehead atoms. The number of carbonyl (C=O) groups is 2. The average molecular weight is 255 g/mol. The van der Waals surface area contributed by atoms with Crippen LogP contribution in [0.4, 0.5) is 0 Å². The summed E-state index contributed by atoms with van der Waals surface area (Å²) in [7, 11) is 0. The molecule has 1 heterocycles. The van der Waals surface area contributed by atoms with Crippen LogP contribution in [-0.2, 0) is 9.47 Å². The maximum absolute atomic E-state index is 11.8. The molecule has 1 aromatic rings. The lowest BCUT2D eigenvalue weighted by molar-refractivity contribution is 0.0346. The van der Waals surface area contributed by atoms with Crippen molar-refractivity contribution in [2.75, 3.05) is 6.61 Å². The minimum atomic E-state index is -0.688. The highest BCUT2D eigenvalue weighted by Gasteiger charge is 2.22. The normalized spacial score (nSPS) is 21.1. The van der Waals surface area contributed by atoms with E-state index in [-0.39, 0.29) is 17.7 Å². The number of alkyl halides is 1. The first kappa shape index (κ1) is 11.9. The zero-order valence-corrected chi connectivity index (χ0v) is 9.77. The minimum Gasteiger partial charge on any atom is -0.462 e. The van der Waals surface area contributed by atoms with Gasteiger partial charge in [0.2, 0.25) is 0 Å². The lowest BCUT2D eigenvalue weighted by Crippen LogP contribution is -2.20. The summed E-state index contributed by atoms with van der Waals surface area (Å²) in [5, 5.41) is 0. The molecule has 0 aromatic heterocycles. The van der Waals surface area contributed by atoms with Crippen molar-refractivity contribution in [1.29, 1.82) is 0 Å². The Labute approximate surface area is 103 Å². The number of rotatable bonds is 0. The Bertz CT molecular complexity index is 444. The number of hydrogen-bond donors (Lipinski definition) is 0. The zero-order valence-electron chi connectivity index (χ0n) is 9.02. The van der Waals surface area contributed by atoms with Gasteiger partial charge in [-0.15, -0.1) is 0 Å². The highest BCUT2D eigenvalue weighted by atomic mass is 35.5. The fourth-order valence-electron chi connectivity index (χ4n) is 1.56. The summed E-state index contributed by atoms with van der Waals surface area (Å²) in [6.45, 7) is 0.272. The molecule has 2 rings (SSSR count). The standard InChI is InChI=1S/C12H11ClO4/c13-10-6-3-7-16-11(14)8-4-1-2-5-9(8)12(15)17-10/h1-2,4-5,10H,3,6-7H2. The smallest absolute Gasteiger partial charge is 0.340 e. The van der Waals surface area contributed by atoms with Gasteiger partial charge in [0, 0.05) is 6.42 Å². The number of benzene rings is 1. The second-order valence-corrected chi connectivity index (χ2v) is 4.13. The van der Waals surface area contributed by atoms with Gasteiger partial charge in [0.1, 0.15) is 0 Å². The van der Waals surface area contributed by atoms with Gasteiger partial charge in [-0.1, -0.05) is 23.7 Å². The molecule has 4 nitrogen and oxygen atoms in total. The van der Waals surface area contributed by atoms with Gasteiger partial charge < -0.3 is 9.47 Å². The number of fused-ring (bicyclic) bond motifs is 1. The topological polar surface area (TPSA) is 52.6 Å². The fraction of sp³-hybridized carbons (Fsp3) is 0.333. The van der Waals surface area contributed by atoms with Crippen molar-refractivity contribution in [1.82, 2.24) is 0 Å². The van der Waals surface area contributed by atoms with Crippen LogP contribution in [0.15, 0.2) is 24.3 Å². The Morgan fingerprint density at radius 3 is 2.47 bits per heavy atom. The second-order valence-electron chi connectivity index (χ2n) is 3.64.